The van der Waals surface area contributed by atoms with Gasteiger partial charge in [-0.25, -0.2) is 4.79 Å². The number of carboxylic acid groups (broad SMARTS) is 1. The van der Waals surface area contributed by atoms with E-state index >= 15 is 0 Å². The Morgan fingerprint density at radius 3 is 2.52 bits per heavy atom. The number of ether oxygens (including phenoxy) is 1. The average Bonchev–Trinajstić information content (AvgIpc) is 2.52. The molecule has 2 aliphatic rings. The van der Waals surface area contributed by atoms with Crippen LogP contribution in [-0.4, -0.2) is 79.3 Å². The van der Waals surface area contributed by atoms with Crippen LogP contribution in [-0.2, 0) is 9.53 Å². The topological polar surface area (TPSA) is 148 Å². The Labute approximate surface area is 132 Å². The van der Waals surface area contributed by atoms with Crippen LogP contribution in [0.15, 0.2) is 36.0 Å². The lowest BCUT2D eigenvalue weighted by atomic mass is 9.80. The number of rotatable bonds is 4. The largest absolute Gasteiger partial charge is 0.478 e. The lowest BCUT2D eigenvalue weighted by molar-refractivity contribution is -0.261. The Kier molecular flexibility index (Phi) is 5.35. The molecular formula is C15H20O8. The molecule has 6 atom stereocenters. The molecule has 0 bridgehead atoms. The minimum absolute atomic E-state index is 0.00544. The molecule has 1 fully saturated rings. The van der Waals surface area contributed by atoms with E-state index in [0.717, 1.165) is 6.08 Å². The molecule has 0 aromatic carbocycles. The summed E-state index contributed by atoms with van der Waals surface area (Å²) in [6.45, 7) is -0.580. The third-order valence-electron chi connectivity index (χ3n) is 4.03. The molecule has 0 amide bonds. The summed E-state index contributed by atoms with van der Waals surface area (Å²) in [5.74, 6) is -1.10. The van der Waals surface area contributed by atoms with Crippen molar-refractivity contribution < 1.29 is 40.2 Å². The number of aliphatic hydroxyl groups is 5. The van der Waals surface area contributed by atoms with Crippen molar-refractivity contribution in [1.82, 2.24) is 0 Å². The lowest BCUT2D eigenvalue weighted by Crippen LogP contribution is -2.64. The highest BCUT2D eigenvalue weighted by molar-refractivity contribution is 5.80. The predicted molar refractivity (Wildman–Crippen MR) is 77.3 cm³/mol. The van der Waals surface area contributed by atoms with Gasteiger partial charge in [0, 0.05) is 12.5 Å². The molecule has 1 saturated heterocycles. The highest BCUT2D eigenvalue weighted by atomic mass is 16.6. The molecule has 1 aliphatic heterocycles. The first kappa shape index (κ1) is 17.8. The maximum Gasteiger partial charge on any atom is 0.328 e. The van der Waals surface area contributed by atoms with Gasteiger partial charge in [0.25, 0.3) is 0 Å². The summed E-state index contributed by atoms with van der Waals surface area (Å²) in [6, 6.07) is 0. The molecule has 2 unspecified atom stereocenters. The van der Waals surface area contributed by atoms with Gasteiger partial charge in [-0.3, -0.25) is 0 Å². The predicted octanol–water partition coefficient (Wildman–Crippen LogP) is -1.91. The van der Waals surface area contributed by atoms with Crippen LogP contribution in [0.25, 0.3) is 0 Å². The summed E-state index contributed by atoms with van der Waals surface area (Å²) in [4.78, 5) is 10.5. The van der Waals surface area contributed by atoms with Crippen LogP contribution in [0.4, 0.5) is 0 Å². The SMILES string of the molecule is O=C(O)/C=C/C1=CCC(O)(C2O[C@H](CO)[C@@H](O)[C@H](O)[C@H]2O)C=C1. The van der Waals surface area contributed by atoms with Crippen LogP contribution in [0.5, 0.6) is 0 Å². The molecule has 0 saturated carbocycles. The molecule has 128 valence electrons. The van der Waals surface area contributed by atoms with Crippen LogP contribution in [0.3, 0.4) is 0 Å². The summed E-state index contributed by atoms with van der Waals surface area (Å²) in [7, 11) is 0. The van der Waals surface area contributed by atoms with Gasteiger partial charge in [0.05, 0.1) is 6.61 Å². The summed E-state index contributed by atoms with van der Waals surface area (Å²) < 4.78 is 5.35. The van der Waals surface area contributed by atoms with Gasteiger partial charge >= 0.3 is 5.97 Å². The van der Waals surface area contributed by atoms with Crippen LogP contribution < -0.4 is 0 Å². The maximum absolute atomic E-state index is 10.6. The standard InChI is InChI=1S/C15H20O8/c16-7-9-11(19)12(20)13(21)14(23-9)15(22)5-3-8(4-6-15)1-2-10(17)18/h1-5,9,11-14,16,19-22H,6-7H2,(H,17,18)/b2-1+/t9-,11-,12+,13-,14?,15?/m1/s1. The Bertz CT molecular complexity index is 538. The molecule has 6 N–H and O–H groups in total. The fourth-order valence-corrected chi connectivity index (χ4v) is 2.67. The van der Waals surface area contributed by atoms with Crippen LogP contribution in [0.2, 0.25) is 0 Å². The van der Waals surface area contributed by atoms with Crippen LogP contribution in [0.1, 0.15) is 6.42 Å². The van der Waals surface area contributed by atoms with Gasteiger partial charge in [-0.1, -0.05) is 12.2 Å². The second-order valence-electron chi connectivity index (χ2n) is 5.65. The molecule has 2 rings (SSSR count). The number of aliphatic carboxylic acids is 1. The second-order valence-corrected chi connectivity index (χ2v) is 5.65. The van der Waals surface area contributed by atoms with Crippen molar-refractivity contribution in [3.8, 4) is 0 Å². The number of allylic oxidation sites excluding steroid dienone is 3. The van der Waals surface area contributed by atoms with E-state index in [4.69, 9.17) is 9.84 Å². The molecule has 0 radical (unpaired) electrons. The molecular weight excluding hydrogens is 308 g/mol. The summed E-state index contributed by atoms with van der Waals surface area (Å²) in [5, 5.41) is 58.0. The van der Waals surface area contributed by atoms with E-state index in [9.17, 15) is 30.3 Å². The summed E-state index contributed by atoms with van der Waals surface area (Å²) >= 11 is 0. The Morgan fingerprint density at radius 2 is 2.00 bits per heavy atom. The molecule has 8 nitrogen and oxygen atoms in total. The maximum atomic E-state index is 10.6. The van der Waals surface area contributed by atoms with Gasteiger partial charge in [0.15, 0.2) is 0 Å². The highest BCUT2D eigenvalue weighted by Crippen LogP contribution is 2.34. The van der Waals surface area contributed by atoms with Crippen molar-refractivity contribution in [2.75, 3.05) is 6.61 Å². The van der Waals surface area contributed by atoms with Crippen LogP contribution in [0, 0.1) is 0 Å². The van der Waals surface area contributed by atoms with Gasteiger partial charge in [-0.05, 0) is 17.7 Å². The fraction of sp³-hybridized carbons (Fsp3) is 0.533. The van der Waals surface area contributed by atoms with E-state index in [1.807, 2.05) is 0 Å². The zero-order valence-electron chi connectivity index (χ0n) is 12.2. The van der Waals surface area contributed by atoms with Crippen LogP contribution >= 0.6 is 0 Å². The number of hydrogen-bond donors (Lipinski definition) is 6. The summed E-state index contributed by atoms with van der Waals surface area (Å²) in [5.41, 5.74) is -1.10. The van der Waals surface area contributed by atoms with E-state index in [1.54, 1.807) is 6.08 Å². The zero-order chi connectivity index (χ0) is 17.2. The molecule has 23 heavy (non-hydrogen) atoms. The first-order valence-electron chi connectivity index (χ1n) is 7.12. The minimum Gasteiger partial charge on any atom is -0.478 e. The van der Waals surface area contributed by atoms with Crippen molar-refractivity contribution in [1.29, 1.82) is 0 Å². The summed E-state index contributed by atoms with van der Waals surface area (Å²) in [6.07, 6.45) is -0.304. The second kappa shape index (κ2) is 6.91. The van der Waals surface area contributed by atoms with Gasteiger partial charge in [0.1, 0.15) is 36.1 Å². The van der Waals surface area contributed by atoms with Crippen molar-refractivity contribution in [2.45, 2.75) is 42.5 Å². The highest BCUT2D eigenvalue weighted by Gasteiger charge is 2.51. The zero-order valence-corrected chi connectivity index (χ0v) is 12.2. The lowest BCUT2D eigenvalue weighted by Gasteiger charge is -2.46. The van der Waals surface area contributed by atoms with E-state index < -0.39 is 48.7 Å². The number of hydrogen-bond acceptors (Lipinski definition) is 7. The van der Waals surface area contributed by atoms with Gasteiger partial charge in [-0.2, -0.15) is 0 Å². The fourth-order valence-electron chi connectivity index (χ4n) is 2.67. The van der Waals surface area contributed by atoms with Crippen molar-refractivity contribution >= 4 is 5.97 Å². The molecule has 0 spiro atoms. The minimum atomic E-state index is -1.66. The number of carbonyl (C=O) groups is 1. The monoisotopic (exact) mass is 328 g/mol. The Balaban J connectivity index is 2.15. The first-order valence-corrected chi connectivity index (χ1v) is 7.12. The molecule has 0 aromatic rings. The van der Waals surface area contributed by atoms with Crippen molar-refractivity contribution in [3.63, 3.8) is 0 Å². The quantitative estimate of drug-likeness (QED) is 0.328. The van der Waals surface area contributed by atoms with E-state index in [0.29, 0.717) is 5.57 Å². The Morgan fingerprint density at radius 1 is 1.30 bits per heavy atom. The Hall–Kier alpha value is -1.55. The normalized spacial score (nSPS) is 41.1. The third-order valence-corrected chi connectivity index (χ3v) is 4.03. The first-order chi connectivity index (χ1) is 10.8. The van der Waals surface area contributed by atoms with E-state index in [1.165, 1.54) is 18.2 Å². The molecule has 1 aliphatic carbocycles. The average molecular weight is 328 g/mol. The third kappa shape index (κ3) is 3.69. The van der Waals surface area contributed by atoms with Crippen molar-refractivity contribution in [2.24, 2.45) is 0 Å². The van der Waals surface area contributed by atoms with E-state index in [2.05, 4.69) is 0 Å². The van der Waals surface area contributed by atoms with Gasteiger partial charge in [-0.15, -0.1) is 0 Å². The van der Waals surface area contributed by atoms with Gasteiger partial charge < -0.3 is 35.4 Å². The number of carboxylic acids is 1. The van der Waals surface area contributed by atoms with Gasteiger partial charge in [0.2, 0.25) is 0 Å². The van der Waals surface area contributed by atoms with Crippen molar-refractivity contribution in [3.05, 3.63) is 36.0 Å². The number of aliphatic hydroxyl groups excluding tert-OH is 4. The van der Waals surface area contributed by atoms with E-state index in [-0.39, 0.29) is 6.42 Å². The smallest absolute Gasteiger partial charge is 0.328 e. The molecule has 1 heterocycles. The molecule has 8 heteroatoms. The molecule has 0 aromatic heterocycles.